The lowest BCUT2D eigenvalue weighted by atomic mass is 10.1. The summed E-state index contributed by atoms with van der Waals surface area (Å²) in [7, 11) is 0. The fourth-order valence-electron chi connectivity index (χ4n) is 0.920. The van der Waals surface area contributed by atoms with Crippen LogP contribution in [0, 0.1) is 13.8 Å². The maximum atomic E-state index is 5.75. The van der Waals surface area contributed by atoms with E-state index in [0.717, 1.165) is 27.0 Å². The summed E-state index contributed by atoms with van der Waals surface area (Å²) in [5, 5.41) is 0. The molecular formula is C8H11BrN2. The Morgan fingerprint density at radius 3 is 2.27 bits per heavy atom. The molecule has 2 nitrogen and oxygen atoms in total. The molecular weight excluding hydrogens is 204 g/mol. The summed E-state index contributed by atoms with van der Waals surface area (Å²) >= 11 is 3.33. The van der Waals surface area contributed by atoms with E-state index < -0.39 is 0 Å². The molecule has 0 amide bonds. The largest absolute Gasteiger partial charge is 0.398 e. The standard InChI is InChI=1S/C8H11BrN2/c1-4-5(2)8(11)6(9)3-7(4)10/h3H,10-11H2,1-2H3. The van der Waals surface area contributed by atoms with Crippen LogP contribution >= 0.6 is 15.9 Å². The summed E-state index contributed by atoms with van der Waals surface area (Å²) < 4.78 is 0.873. The van der Waals surface area contributed by atoms with Crippen LogP contribution in [0.3, 0.4) is 0 Å². The Bertz CT molecular complexity index is 268. The smallest absolute Gasteiger partial charge is 0.0492 e. The first-order valence-electron chi connectivity index (χ1n) is 3.34. The average Bonchev–Trinajstić information content (AvgIpc) is 1.97. The Morgan fingerprint density at radius 1 is 1.18 bits per heavy atom. The van der Waals surface area contributed by atoms with E-state index in [1.807, 2.05) is 19.9 Å². The molecule has 60 valence electrons. The van der Waals surface area contributed by atoms with E-state index in [4.69, 9.17) is 11.5 Å². The van der Waals surface area contributed by atoms with E-state index in [1.54, 1.807) is 0 Å². The van der Waals surface area contributed by atoms with Crippen LogP contribution in [0.2, 0.25) is 0 Å². The van der Waals surface area contributed by atoms with E-state index in [1.165, 1.54) is 0 Å². The van der Waals surface area contributed by atoms with Crippen molar-refractivity contribution in [3.8, 4) is 0 Å². The van der Waals surface area contributed by atoms with Crippen molar-refractivity contribution in [2.75, 3.05) is 11.5 Å². The Kier molecular flexibility index (Phi) is 2.09. The third-order valence-electron chi connectivity index (χ3n) is 1.94. The minimum absolute atomic E-state index is 0.775. The van der Waals surface area contributed by atoms with Crippen molar-refractivity contribution in [2.24, 2.45) is 0 Å². The molecule has 1 aromatic carbocycles. The molecule has 0 spiro atoms. The molecule has 0 radical (unpaired) electrons. The van der Waals surface area contributed by atoms with Gasteiger partial charge in [0.15, 0.2) is 0 Å². The Labute approximate surface area is 74.7 Å². The predicted molar refractivity (Wildman–Crippen MR) is 52.4 cm³/mol. The zero-order valence-electron chi connectivity index (χ0n) is 6.61. The Hall–Kier alpha value is -0.700. The quantitative estimate of drug-likeness (QED) is 0.652. The zero-order valence-corrected chi connectivity index (χ0v) is 8.20. The van der Waals surface area contributed by atoms with Crippen molar-refractivity contribution in [3.05, 3.63) is 21.7 Å². The van der Waals surface area contributed by atoms with Gasteiger partial charge < -0.3 is 11.5 Å². The SMILES string of the molecule is Cc1c(N)cc(Br)c(N)c1C. The number of anilines is 2. The molecule has 11 heavy (non-hydrogen) atoms. The van der Waals surface area contributed by atoms with Crippen molar-refractivity contribution in [2.45, 2.75) is 13.8 Å². The summed E-state index contributed by atoms with van der Waals surface area (Å²) in [5.41, 5.74) is 15.1. The molecule has 1 rings (SSSR count). The van der Waals surface area contributed by atoms with Gasteiger partial charge in [0.1, 0.15) is 0 Å². The van der Waals surface area contributed by atoms with Crippen LogP contribution in [0.25, 0.3) is 0 Å². The maximum Gasteiger partial charge on any atom is 0.0492 e. The van der Waals surface area contributed by atoms with Gasteiger partial charge >= 0.3 is 0 Å². The summed E-state index contributed by atoms with van der Waals surface area (Å²) in [6.45, 7) is 3.93. The van der Waals surface area contributed by atoms with E-state index >= 15 is 0 Å². The first-order valence-corrected chi connectivity index (χ1v) is 4.14. The fourth-order valence-corrected chi connectivity index (χ4v) is 1.46. The van der Waals surface area contributed by atoms with Crippen LogP contribution in [0.5, 0.6) is 0 Å². The van der Waals surface area contributed by atoms with Gasteiger partial charge in [-0.3, -0.25) is 0 Å². The molecule has 3 heteroatoms. The number of rotatable bonds is 0. The number of hydrogen-bond donors (Lipinski definition) is 2. The molecule has 0 aliphatic heterocycles. The van der Waals surface area contributed by atoms with Gasteiger partial charge in [0.05, 0.1) is 0 Å². The van der Waals surface area contributed by atoms with Gasteiger partial charge in [-0.15, -0.1) is 0 Å². The first kappa shape index (κ1) is 8.40. The normalized spacial score (nSPS) is 10.1. The molecule has 4 N–H and O–H groups in total. The van der Waals surface area contributed by atoms with E-state index in [2.05, 4.69) is 15.9 Å². The fraction of sp³-hybridized carbons (Fsp3) is 0.250. The van der Waals surface area contributed by atoms with E-state index in [-0.39, 0.29) is 0 Å². The molecule has 0 aliphatic rings. The Balaban J connectivity index is 3.46. The zero-order chi connectivity index (χ0) is 8.59. The molecule has 0 aromatic heterocycles. The molecule has 0 saturated carbocycles. The van der Waals surface area contributed by atoms with Gasteiger partial charge in [-0.05, 0) is 47.0 Å². The Morgan fingerprint density at radius 2 is 1.73 bits per heavy atom. The number of hydrogen-bond acceptors (Lipinski definition) is 2. The van der Waals surface area contributed by atoms with Crippen LogP contribution < -0.4 is 11.5 Å². The van der Waals surface area contributed by atoms with Crippen molar-refractivity contribution < 1.29 is 0 Å². The highest BCUT2D eigenvalue weighted by Gasteiger charge is 2.05. The van der Waals surface area contributed by atoms with Crippen molar-refractivity contribution >= 4 is 27.3 Å². The van der Waals surface area contributed by atoms with E-state index in [0.29, 0.717) is 0 Å². The first-order chi connectivity index (χ1) is 5.04. The van der Waals surface area contributed by atoms with Gasteiger partial charge in [0, 0.05) is 15.8 Å². The second-order valence-electron chi connectivity index (χ2n) is 2.61. The summed E-state index contributed by atoms with van der Waals surface area (Å²) in [6, 6.07) is 1.83. The molecule has 0 fully saturated rings. The number of nitrogens with two attached hydrogens (primary N) is 2. The lowest BCUT2D eigenvalue weighted by Crippen LogP contribution is -1.98. The van der Waals surface area contributed by atoms with Crippen LogP contribution in [0.1, 0.15) is 11.1 Å². The monoisotopic (exact) mass is 214 g/mol. The number of nitrogen functional groups attached to an aromatic ring is 2. The number of halogens is 1. The van der Waals surface area contributed by atoms with E-state index in [9.17, 15) is 0 Å². The lowest BCUT2D eigenvalue weighted by molar-refractivity contribution is 1.34. The van der Waals surface area contributed by atoms with Crippen molar-refractivity contribution in [1.29, 1.82) is 0 Å². The van der Waals surface area contributed by atoms with Gasteiger partial charge in [0.2, 0.25) is 0 Å². The van der Waals surface area contributed by atoms with Gasteiger partial charge in [-0.1, -0.05) is 0 Å². The molecule has 0 unspecified atom stereocenters. The van der Waals surface area contributed by atoms with Gasteiger partial charge in [-0.2, -0.15) is 0 Å². The average molecular weight is 215 g/mol. The highest BCUT2D eigenvalue weighted by Crippen LogP contribution is 2.29. The van der Waals surface area contributed by atoms with Crippen molar-refractivity contribution in [1.82, 2.24) is 0 Å². The predicted octanol–water partition coefficient (Wildman–Crippen LogP) is 2.23. The third kappa shape index (κ3) is 1.33. The molecule has 0 saturated heterocycles. The third-order valence-corrected chi connectivity index (χ3v) is 2.60. The van der Waals surface area contributed by atoms with Gasteiger partial charge in [-0.25, -0.2) is 0 Å². The number of benzene rings is 1. The van der Waals surface area contributed by atoms with Crippen molar-refractivity contribution in [3.63, 3.8) is 0 Å². The van der Waals surface area contributed by atoms with Crippen LogP contribution in [0.4, 0.5) is 11.4 Å². The summed E-state index contributed by atoms with van der Waals surface area (Å²) in [5.74, 6) is 0. The lowest BCUT2D eigenvalue weighted by Gasteiger charge is -2.08. The minimum Gasteiger partial charge on any atom is -0.398 e. The molecule has 0 bridgehead atoms. The van der Waals surface area contributed by atoms with Crippen LogP contribution in [-0.4, -0.2) is 0 Å². The minimum atomic E-state index is 0.775. The topological polar surface area (TPSA) is 52.0 Å². The maximum absolute atomic E-state index is 5.75. The highest BCUT2D eigenvalue weighted by atomic mass is 79.9. The molecule has 0 atom stereocenters. The highest BCUT2D eigenvalue weighted by molar-refractivity contribution is 9.10. The van der Waals surface area contributed by atoms with Crippen LogP contribution in [-0.2, 0) is 0 Å². The second kappa shape index (κ2) is 2.74. The summed E-state index contributed by atoms with van der Waals surface area (Å²) in [4.78, 5) is 0. The molecule has 1 aromatic rings. The van der Waals surface area contributed by atoms with Gasteiger partial charge in [0.25, 0.3) is 0 Å². The summed E-state index contributed by atoms with van der Waals surface area (Å²) in [6.07, 6.45) is 0. The molecule has 0 heterocycles. The molecule has 0 aliphatic carbocycles. The second-order valence-corrected chi connectivity index (χ2v) is 3.47. The van der Waals surface area contributed by atoms with Crippen LogP contribution in [0.15, 0.2) is 10.5 Å².